The number of nitrogens with two attached hydrogens (primary N) is 2. The Labute approximate surface area is 110 Å². The van der Waals surface area contributed by atoms with Crippen molar-refractivity contribution in [2.45, 2.75) is 52.0 Å². The van der Waals surface area contributed by atoms with Crippen LogP contribution >= 0.6 is 0 Å². The molecule has 2 rings (SSSR count). The van der Waals surface area contributed by atoms with Crippen LogP contribution in [-0.4, -0.2) is 4.98 Å². The maximum atomic E-state index is 6.44. The molecule has 1 aliphatic rings. The van der Waals surface area contributed by atoms with Gasteiger partial charge < -0.3 is 11.5 Å². The Morgan fingerprint density at radius 1 is 1.44 bits per heavy atom. The van der Waals surface area contributed by atoms with Crippen LogP contribution in [0.3, 0.4) is 0 Å². The Kier molecular flexibility index (Phi) is 4.23. The fourth-order valence-corrected chi connectivity index (χ4v) is 3.15. The molecule has 0 spiro atoms. The van der Waals surface area contributed by atoms with Gasteiger partial charge in [0, 0.05) is 17.8 Å². The molecule has 0 amide bonds. The predicted octanol–water partition coefficient (Wildman–Crippen LogP) is 3.19. The van der Waals surface area contributed by atoms with Crippen LogP contribution in [0.1, 0.15) is 56.2 Å². The van der Waals surface area contributed by atoms with Crippen LogP contribution in [-0.2, 0) is 0 Å². The van der Waals surface area contributed by atoms with E-state index in [0.29, 0.717) is 11.7 Å². The summed E-state index contributed by atoms with van der Waals surface area (Å²) >= 11 is 0. The van der Waals surface area contributed by atoms with E-state index in [9.17, 15) is 0 Å². The van der Waals surface area contributed by atoms with E-state index >= 15 is 0 Å². The zero-order chi connectivity index (χ0) is 13.1. The molecular weight excluding hydrogens is 222 g/mol. The zero-order valence-corrected chi connectivity index (χ0v) is 11.5. The molecule has 3 heteroatoms. The van der Waals surface area contributed by atoms with Crippen molar-refractivity contribution in [1.29, 1.82) is 0 Å². The molecule has 1 saturated carbocycles. The molecule has 1 heterocycles. The van der Waals surface area contributed by atoms with Crippen LogP contribution in [0, 0.1) is 18.8 Å². The number of aromatic nitrogens is 1. The highest BCUT2D eigenvalue weighted by molar-refractivity contribution is 5.43. The third-order valence-electron chi connectivity index (χ3n) is 4.35. The first kappa shape index (κ1) is 13.3. The highest BCUT2D eigenvalue weighted by Crippen LogP contribution is 2.38. The van der Waals surface area contributed by atoms with Crippen LogP contribution < -0.4 is 11.5 Å². The lowest BCUT2D eigenvalue weighted by molar-refractivity contribution is 0.230. The summed E-state index contributed by atoms with van der Waals surface area (Å²) in [6.45, 7) is 4.32. The average molecular weight is 247 g/mol. The molecule has 0 aliphatic heterocycles. The third kappa shape index (κ3) is 2.83. The third-order valence-corrected chi connectivity index (χ3v) is 4.35. The average Bonchev–Trinajstić information content (AvgIpc) is 2.41. The molecule has 3 unspecified atom stereocenters. The van der Waals surface area contributed by atoms with Gasteiger partial charge in [-0.25, -0.2) is 4.98 Å². The summed E-state index contributed by atoms with van der Waals surface area (Å²) in [5.41, 5.74) is 14.6. The summed E-state index contributed by atoms with van der Waals surface area (Å²) in [4.78, 5) is 4.23. The topological polar surface area (TPSA) is 64.9 Å². The van der Waals surface area contributed by atoms with Gasteiger partial charge in [-0.2, -0.15) is 0 Å². The van der Waals surface area contributed by atoms with E-state index < -0.39 is 0 Å². The van der Waals surface area contributed by atoms with Gasteiger partial charge in [-0.1, -0.05) is 26.2 Å². The maximum Gasteiger partial charge on any atom is 0.128 e. The first-order chi connectivity index (χ1) is 8.61. The second-order valence-corrected chi connectivity index (χ2v) is 5.71. The van der Waals surface area contributed by atoms with E-state index in [0.717, 1.165) is 17.0 Å². The molecule has 0 aromatic carbocycles. The summed E-state index contributed by atoms with van der Waals surface area (Å²) in [7, 11) is 0. The molecule has 1 aromatic heterocycles. The smallest absolute Gasteiger partial charge is 0.128 e. The molecule has 100 valence electrons. The standard InChI is InChI=1S/C15H25N3/c1-3-11-5-4-6-12(8-11)14(16)13-7-10(2)9-18-15(13)17/h7,9,11-12,14H,3-6,8,16H2,1-2H3,(H2,17,18). The van der Waals surface area contributed by atoms with Gasteiger partial charge in [0.1, 0.15) is 5.82 Å². The van der Waals surface area contributed by atoms with Gasteiger partial charge in [-0.05, 0) is 43.2 Å². The number of hydrogen-bond acceptors (Lipinski definition) is 3. The van der Waals surface area contributed by atoms with Crippen molar-refractivity contribution in [3.05, 3.63) is 23.4 Å². The summed E-state index contributed by atoms with van der Waals surface area (Å²) in [5.74, 6) is 2.01. The van der Waals surface area contributed by atoms with Crippen molar-refractivity contribution < 1.29 is 0 Å². The molecule has 3 nitrogen and oxygen atoms in total. The summed E-state index contributed by atoms with van der Waals surface area (Å²) in [6, 6.07) is 2.15. The van der Waals surface area contributed by atoms with Gasteiger partial charge in [0.25, 0.3) is 0 Å². The van der Waals surface area contributed by atoms with Gasteiger partial charge in [-0.15, -0.1) is 0 Å². The molecule has 4 N–H and O–H groups in total. The number of pyridine rings is 1. The van der Waals surface area contributed by atoms with E-state index in [2.05, 4.69) is 18.0 Å². The van der Waals surface area contributed by atoms with Crippen molar-refractivity contribution in [3.8, 4) is 0 Å². The van der Waals surface area contributed by atoms with Crippen LogP contribution in [0.4, 0.5) is 5.82 Å². The summed E-state index contributed by atoms with van der Waals surface area (Å²) in [5, 5.41) is 0. The van der Waals surface area contributed by atoms with Crippen molar-refractivity contribution >= 4 is 5.82 Å². The van der Waals surface area contributed by atoms with Gasteiger partial charge in [0.15, 0.2) is 0 Å². The molecular formula is C15H25N3. The van der Waals surface area contributed by atoms with Gasteiger partial charge in [-0.3, -0.25) is 0 Å². The Bertz CT molecular complexity index is 403. The highest BCUT2D eigenvalue weighted by atomic mass is 14.8. The molecule has 3 atom stereocenters. The van der Waals surface area contributed by atoms with Crippen molar-refractivity contribution in [2.24, 2.45) is 17.6 Å². The van der Waals surface area contributed by atoms with Crippen LogP contribution in [0.15, 0.2) is 12.3 Å². The monoisotopic (exact) mass is 247 g/mol. The fraction of sp³-hybridized carbons (Fsp3) is 0.667. The first-order valence-electron chi connectivity index (χ1n) is 7.09. The maximum absolute atomic E-state index is 6.44. The molecule has 0 radical (unpaired) electrons. The Balaban J connectivity index is 2.14. The molecule has 0 saturated heterocycles. The molecule has 1 aliphatic carbocycles. The van der Waals surface area contributed by atoms with E-state index in [4.69, 9.17) is 11.5 Å². The lowest BCUT2D eigenvalue weighted by Crippen LogP contribution is -2.27. The van der Waals surface area contributed by atoms with E-state index in [1.165, 1.54) is 32.1 Å². The number of rotatable bonds is 3. The largest absolute Gasteiger partial charge is 0.383 e. The fourth-order valence-electron chi connectivity index (χ4n) is 3.15. The minimum absolute atomic E-state index is 0.0479. The lowest BCUT2D eigenvalue weighted by atomic mass is 9.75. The molecule has 1 fully saturated rings. The lowest BCUT2D eigenvalue weighted by Gasteiger charge is -2.33. The molecule has 1 aromatic rings. The second-order valence-electron chi connectivity index (χ2n) is 5.71. The molecule has 18 heavy (non-hydrogen) atoms. The van der Waals surface area contributed by atoms with Gasteiger partial charge in [0.05, 0.1) is 0 Å². The number of aryl methyl sites for hydroxylation is 1. The molecule has 0 bridgehead atoms. The first-order valence-corrected chi connectivity index (χ1v) is 7.09. The summed E-state index contributed by atoms with van der Waals surface area (Å²) < 4.78 is 0. The highest BCUT2D eigenvalue weighted by Gasteiger charge is 2.27. The van der Waals surface area contributed by atoms with Crippen LogP contribution in [0.2, 0.25) is 0 Å². The summed E-state index contributed by atoms with van der Waals surface area (Å²) in [6.07, 6.45) is 8.21. The number of nitrogen functional groups attached to an aromatic ring is 1. The number of nitrogens with zero attached hydrogens (tertiary/aromatic N) is 1. The van der Waals surface area contributed by atoms with E-state index in [1.54, 1.807) is 6.20 Å². The van der Waals surface area contributed by atoms with Crippen molar-refractivity contribution in [3.63, 3.8) is 0 Å². The quantitative estimate of drug-likeness (QED) is 0.862. The van der Waals surface area contributed by atoms with Gasteiger partial charge in [0.2, 0.25) is 0 Å². The van der Waals surface area contributed by atoms with Gasteiger partial charge >= 0.3 is 0 Å². The minimum Gasteiger partial charge on any atom is -0.383 e. The Morgan fingerprint density at radius 3 is 2.94 bits per heavy atom. The van der Waals surface area contributed by atoms with E-state index in [-0.39, 0.29) is 6.04 Å². The second kappa shape index (κ2) is 5.70. The predicted molar refractivity (Wildman–Crippen MR) is 76.1 cm³/mol. The Morgan fingerprint density at radius 2 is 2.22 bits per heavy atom. The van der Waals surface area contributed by atoms with E-state index in [1.807, 2.05) is 6.92 Å². The number of anilines is 1. The normalized spacial score (nSPS) is 25.9. The Hall–Kier alpha value is -1.09. The SMILES string of the molecule is CCC1CCCC(C(N)c2cc(C)cnc2N)C1. The van der Waals surface area contributed by atoms with Crippen LogP contribution in [0.25, 0.3) is 0 Å². The van der Waals surface area contributed by atoms with Crippen molar-refractivity contribution in [1.82, 2.24) is 4.98 Å². The zero-order valence-electron chi connectivity index (χ0n) is 11.5. The van der Waals surface area contributed by atoms with Crippen molar-refractivity contribution in [2.75, 3.05) is 5.73 Å². The number of hydrogen-bond donors (Lipinski definition) is 2. The minimum atomic E-state index is 0.0479. The van der Waals surface area contributed by atoms with Crippen LogP contribution in [0.5, 0.6) is 0 Å².